The molecule has 0 saturated carbocycles. The number of nitrogens with two attached hydrogens (primary N) is 1. The number of aryl methyl sites for hydroxylation is 2. The molecule has 0 bridgehead atoms. The van der Waals surface area contributed by atoms with Gasteiger partial charge in [-0.2, -0.15) is 5.26 Å². The third-order valence-corrected chi connectivity index (χ3v) is 3.20. The number of anilines is 1. The summed E-state index contributed by atoms with van der Waals surface area (Å²) < 4.78 is 4.86. The van der Waals surface area contributed by atoms with Crippen molar-refractivity contribution in [3.05, 3.63) is 22.9 Å². The summed E-state index contributed by atoms with van der Waals surface area (Å²) in [6.07, 6.45) is 4.57. The number of H-pyrrole nitrogens is 1. The molecule has 0 unspecified atom stereocenters. The highest BCUT2D eigenvalue weighted by atomic mass is 16.5. The van der Waals surface area contributed by atoms with Crippen molar-refractivity contribution >= 4 is 5.88 Å². The van der Waals surface area contributed by atoms with Gasteiger partial charge in [0, 0.05) is 5.69 Å². The molecule has 86 valence electrons. The first-order valence-corrected chi connectivity index (χ1v) is 5.66. The molecular weight excluding hydrogens is 216 g/mol. The van der Waals surface area contributed by atoms with Crippen molar-refractivity contribution in [1.29, 1.82) is 5.26 Å². The molecule has 17 heavy (non-hydrogen) atoms. The second kappa shape index (κ2) is 3.67. The first kappa shape index (κ1) is 9.97. The lowest BCUT2D eigenvalue weighted by Gasteiger charge is -2.08. The van der Waals surface area contributed by atoms with Gasteiger partial charge in [-0.25, -0.2) is 0 Å². The average Bonchev–Trinajstić information content (AvgIpc) is 2.91. The molecule has 0 saturated heterocycles. The smallest absolute Gasteiger partial charge is 0.240 e. The highest BCUT2D eigenvalue weighted by Gasteiger charge is 2.19. The Bertz CT molecular complexity index is 579. The predicted molar refractivity (Wildman–Crippen MR) is 62.1 cm³/mol. The molecule has 2 aromatic heterocycles. The van der Waals surface area contributed by atoms with E-state index >= 15 is 0 Å². The largest absolute Gasteiger partial charge is 0.366 e. The van der Waals surface area contributed by atoms with Crippen LogP contribution in [0.1, 0.15) is 29.7 Å². The molecule has 1 aliphatic carbocycles. The highest BCUT2D eigenvalue weighted by Crippen LogP contribution is 2.30. The van der Waals surface area contributed by atoms with Crippen LogP contribution in [-0.4, -0.2) is 10.1 Å². The number of nitriles is 1. The number of aromatic nitrogens is 2. The van der Waals surface area contributed by atoms with Crippen LogP contribution >= 0.6 is 0 Å². The average molecular weight is 228 g/mol. The van der Waals surface area contributed by atoms with Crippen LogP contribution in [0.2, 0.25) is 0 Å². The molecule has 2 heterocycles. The van der Waals surface area contributed by atoms with Crippen molar-refractivity contribution in [2.75, 3.05) is 5.73 Å². The molecule has 5 heteroatoms. The summed E-state index contributed by atoms with van der Waals surface area (Å²) in [5.74, 6) is 0.0788. The topological polar surface area (TPSA) is 91.6 Å². The fraction of sp³-hybridized carbons (Fsp3) is 0.333. The summed E-state index contributed by atoms with van der Waals surface area (Å²) in [5, 5.41) is 12.9. The summed E-state index contributed by atoms with van der Waals surface area (Å²) in [6.45, 7) is 0. The number of fused-ring (bicyclic) bond motifs is 1. The minimum atomic E-state index is 0.0788. The van der Waals surface area contributed by atoms with E-state index in [4.69, 9.17) is 15.5 Å². The predicted octanol–water partition coefficient (Wildman–Crippen LogP) is 2.00. The minimum Gasteiger partial charge on any atom is -0.366 e. The quantitative estimate of drug-likeness (QED) is 0.780. The molecule has 0 fully saturated rings. The van der Waals surface area contributed by atoms with Gasteiger partial charge < -0.3 is 15.2 Å². The Hall–Kier alpha value is -2.22. The van der Waals surface area contributed by atoms with Gasteiger partial charge in [0.2, 0.25) is 5.88 Å². The SMILES string of the molecule is N#Cc1c(-c2cc3c([nH]2)CCCC3)noc1N. The standard InChI is InChI=1S/C12H12N4O/c13-6-8-11(16-17-12(8)14)10-5-7-3-1-2-4-9(7)15-10/h5,15H,1-4,14H2. The zero-order valence-electron chi connectivity index (χ0n) is 9.29. The molecular formula is C12H12N4O. The van der Waals surface area contributed by atoms with Crippen LogP contribution in [0.5, 0.6) is 0 Å². The van der Waals surface area contributed by atoms with Gasteiger partial charge in [0.05, 0.1) is 5.69 Å². The Balaban J connectivity index is 2.10. The van der Waals surface area contributed by atoms with E-state index in [0.29, 0.717) is 11.3 Å². The maximum atomic E-state index is 9.01. The van der Waals surface area contributed by atoms with E-state index in [0.717, 1.165) is 18.5 Å². The molecule has 3 rings (SSSR count). The van der Waals surface area contributed by atoms with Gasteiger partial charge in [-0.05, 0) is 37.3 Å². The Morgan fingerprint density at radius 3 is 3.00 bits per heavy atom. The molecule has 0 atom stereocenters. The fourth-order valence-corrected chi connectivity index (χ4v) is 2.33. The summed E-state index contributed by atoms with van der Waals surface area (Å²) in [6, 6.07) is 4.07. The molecule has 0 aromatic carbocycles. The van der Waals surface area contributed by atoms with Crippen LogP contribution in [0.25, 0.3) is 11.4 Å². The third kappa shape index (κ3) is 1.49. The first-order chi connectivity index (χ1) is 8.29. The number of nitrogens with one attached hydrogen (secondary N) is 1. The molecule has 3 N–H and O–H groups in total. The maximum Gasteiger partial charge on any atom is 0.240 e. The molecule has 0 amide bonds. The summed E-state index contributed by atoms with van der Waals surface area (Å²) in [4.78, 5) is 3.31. The van der Waals surface area contributed by atoms with Crippen molar-refractivity contribution in [3.63, 3.8) is 0 Å². The second-order valence-electron chi connectivity index (χ2n) is 4.28. The molecule has 0 radical (unpaired) electrons. The molecule has 1 aliphatic rings. The van der Waals surface area contributed by atoms with E-state index in [9.17, 15) is 0 Å². The van der Waals surface area contributed by atoms with E-state index in [2.05, 4.69) is 10.1 Å². The lowest BCUT2D eigenvalue weighted by molar-refractivity contribution is 0.439. The monoisotopic (exact) mass is 228 g/mol. The second-order valence-corrected chi connectivity index (χ2v) is 4.28. The Morgan fingerprint density at radius 1 is 1.41 bits per heavy atom. The molecule has 2 aromatic rings. The minimum absolute atomic E-state index is 0.0788. The van der Waals surface area contributed by atoms with Gasteiger partial charge in [-0.15, -0.1) is 0 Å². The Labute approximate surface area is 98.2 Å². The van der Waals surface area contributed by atoms with Crippen molar-refractivity contribution in [2.45, 2.75) is 25.7 Å². The molecule has 0 aliphatic heterocycles. The number of hydrogen-bond acceptors (Lipinski definition) is 4. The summed E-state index contributed by atoms with van der Waals surface area (Å²) in [7, 11) is 0. The van der Waals surface area contributed by atoms with E-state index in [1.54, 1.807) is 0 Å². The zero-order chi connectivity index (χ0) is 11.8. The fourth-order valence-electron chi connectivity index (χ4n) is 2.33. The van der Waals surface area contributed by atoms with E-state index in [1.165, 1.54) is 24.1 Å². The van der Waals surface area contributed by atoms with Gasteiger partial charge in [0.25, 0.3) is 0 Å². The lowest BCUT2D eigenvalue weighted by atomic mass is 9.98. The van der Waals surface area contributed by atoms with Crippen LogP contribution in [0.15, 0.2) is 10.6 Å². The molecule has 5 nitrogen and oxygen atoms in total. The zero-order valence-corrected chi connectivity index (χ0v) is 9.29. The number of nitrogen functional groups attached to an aromatic ring is 1. The van der Waals surface area contributed by atoms with Crippen LogP contribution in [0, 0.1) is 11.3 Å². The third-order valence-electron chi connectivity index (χ3n) is 3.20. The normalized spacial score (nSPS) is 14.3. The van der Waals surface area contributed by atoms with Crippen LogP contribution in [-0.2, 0) is 12.8 Å². The van der Waals surface area contributed by atoms with Gasteiger partial charge in [-0.1, -0.05) is 5.16 Å². The number of nitrogens with zero attached hydrogens (tertiary/aromatic N) is 2. The summed E-state index contributed by atoms with van der Waals surface area (Å²) >= 11 is 0. The number of rotatable bonds is 1. The maximum absolute atomic E-state index is 9.01. The number of aromatic amines is 1. The summed E-state index contributed by atoms with van der Waals surface area (Å²) in [5.41, 5.74) is 9.76. The van der Waals surface area contributed by atoms with E-state index < -0.39 is 0 Å². The van der Waals surface area contributed by atoms with E-state index in [1.807, 2.05) is 12.1 Å². The van der Waals surface area contributed by atoms with Gasteiger partial charge in [0.1, 0.15) is 17.3 Å². The van der Waals surface area contributed by atoms with Gasteiger partial charge >= 0.3 is 0 Å². The molecule has 0 spiro atoms. The van der Waals surface area contributed by atoms with E-state index in [-0.39, 0.29) is 5.88 Å². The lowest BCUT2D eigenvalue weighted by Crippen LogP contribution is -1.99. The highest BCUT2D eigenvalue weighted by molar-refractivity contribution is 5.69. The van der Waals surface area contributed by atoms with Crippen LogP contribution in [0.3, 0.4) is 0 Å². The Morgan fingerprint density at radius 2 is 2.24 bits per heavy atom. The van der Waals surface area contributed by atoms with Crippen LogP contribution in [0.4, 0.5) is 5.88 Å². The van der Waals surface area contributed by atoms with Crippen molar-refractivity contribution in [1.82, 2.24) is 10.1 Å². The van der Waals surface area contributed by atoms with Crippen molar-refractivity contribution < 1.29 is 4.52 Å². The number of hydrogen-bond donors (Lipinski definition) is 2. The van der Waals surface area contributed by atoms with Gasteiger partial charge in [0.15, 0.2) is 0 Å². The van der Waals surface area contributed by atoms with Crippen LogP contribution < -0.4 is 5.73 Å². The van der Waals surface area contributed by atoms with Gasteiger partial charge in [-0.3, -0.25) is 0 Å². The van der Waals surface area contributed by atoms with Crippen molar-refractivity contribution in [3.8, 4) is 17.5 Å². The van der Waals surface area contributed by atoms with Crippen molar-refractivity contribution in [2.24, 2.45) is 0 Å². The first-order valence-electron chi connectivity index (χ1n) is 5.66. The Kier molecular flexibility index (Phi) is 2.15.